The molecular formula is C16H18BrNO2S. The highest BCUT2D eigenvalue weighted by molar-refractivity contribution is 9.10. The number of aryl methyl sites for hydroxylation is 2. The molecule has 21 heavy (non-hydrogen) atoms. The summed E-state index contributed by atoms with van der Waals surface area (Å²) in [5.74, 6) is 0.122. The predicted octanol–water partition coefficient (Wildman–Crippen LogP) is 4.13. The number of benzene rings is 2. The summed E-state index contributed by atoms with van der Waals surface area (Å²) in [5.41, 5.74) is 2.77. The van der Waals surface area contributed by atoms with Gasteiger partial charge in [-0.1, -0.05) is 46.3 Å². The van der Waals surface area contributed by atoms with Gasteiger partial charge >= 0.3 is 0 Å². The molecule has 0 fully saturated rings. The average molecular weight is 368 g/mol. The Morgan fingerprint density at radius 3 is 2.48 bits per heavy atom. The quantitative estimate of drug-likeness (QED) is 0.833. The van der Waals surface area contributed by atoms with Gasteiger partial charge in [0.2, 0.25) is 10.0 Å². The lowest BCUT2D eigenvalue weighted by atomic mass is 10.1. The van der Waals surface area contributed by atoms with Gasteiger partial charge in [0.15, 0.2) is 0 Å². The summed E-state index contributed by atoms with van der Waals surface area (Å²) in [6, 6.07) is 15.3. The monoisotopic (exact) mass is 367 g/mol. The molecule has 0 aliphatic rings. The van der Waals surface area contributed by atoms with E-state index in [4.69, 9.17) is 0 Å². The Hall–Kier alpha value is -1.33. The van der Waals surface area contributed by atoms with Crippen LogP contribution in [-0.4, -0.2) is 14.2 Å². The van der Waals surface area contributed by atoms with E-state index in [1.54, 1.807) is 6.07 Å². The highest BCUT2D eigenvalue weighted by Crippen LogP contribution is 2.21. The number of rotatable bonds is 6. The molecule has 2 rings (SSSR count). The molecule has 0 saturated carbocycles. The smallest absolute Gasteiger partial charge is 0.232 e. The first-order valence-electron chi connectivity index (χ1n) is 6.77. The molecule has 0 aliphatic heterocycles. The Kier molecular flexibility index (Phi) is 5.42. The van der Waals surface area contributed by atoms with Gasteiger partial charge in [-0.05, 0) is 49.1 Å². The van der Waals surface area contributed by atoms with Crippen LogP contribution in [0.5, 0.6) is 0 Å². The summed E-state index contributed by atoms with van der Waals surface area (Å²) in [4.78, 5) is 0. The van der Waals surface area contributed by atoms with Crippen LogP contribution in [0.25, 0.3) is 0 Å². The zero-order valence-electron chi connectivity index (χ0n) is 11.8. The van der Waals surface area contributed by atoms with Gasteiger partial charge in [-0.2, -0.15) is 0 Å². The van der Waals surface area contributed by atoms with Crippen molar-refractivity contribution in [3.05, 3.63) is 64.1 Å². The van der Waals surface area contributed by atoms with Crippen LogP contribution in [0.15, 0.2) is 53.0 Å². The second-order valence-corrected chi connectivity index (χ2v) is 7.67. The third-order valence-electron chi connectivity index (χ3n) is 3.15. The minimum Gasteiger partial charge on any atom is -0.284 e. The van der Waals surface area contributed by atoms with Crippen LogP contribution in [0.3, 0.4) is 0 Å². The van der Waals surface area contributed by atoms with Gasteiger partial charge in [-0.15, -0.1) is 0 Å². The van der Waals surface area contributed by atoms with Crippen molar-refractivity contribution in [3.8, 4) is 0 Å². The van der Waals surface area contributed by atoms with Crippen LogP contribution in [0.2, 0.25) is 0 Å². The van der Waals surface area contributed by atoms with E-state index in [2.05, 4.69) is 20.7 Å². The molecule has 0 radical (unpaired) electrons. The molecule has 0 bridgehead atoms. The molecule has 0 aromatic heterocycles. The van der Waals surface area contributed by atoms with Crippen LogP contribution in [-0.2, 0) is 16.4 Å². The highest BCUT2D eigenvalue weighted by atomic mass is 79.9. The van der Waals surface area contributed by atoms with Crippen molar-refractivity contribution >= 4 is 31.6 Å². The summed E-state index contributed by atoms with van der Waals surface area (Å²) >= 11 is 3.40. The molecule has 0 unspecified atom stereocenters. The second kappa shape index (κ2) is 7.09. The van der Waals surface area contributed by atoms with E-state index < -0.39 is 10.0 Å². The van der Waals surface area contributed by atoms with Gasteiger partial charge in [0.25, 0.3) is 0 Å². The Morgan fingerprint density at radius 1 is 1.10 bits per heavy atom. The fourth-order valence-electron chi connectivity index (χ4n) is 2.05. The van der Waals surface area contributed by atoms with E-state index in [1.165, 1.54) is 0 Å². The normalized spacial score (nSPS) is 11.3. The molecule has 5 heteroatoms. The van der Waals surface area contributed by atoms with Crippen molar-refractivity contribution in [1.82, 2.24) is 0 Å². The molecule has 0 atom stereocenters. The van der Waals surface area contributed by atoms with Crippen molar-refractivity contribution in [1.29, 1.82) is 0 Å². The molecule has 0 aliphatic carbocycles. The van der Waals surface area contributed by atoms with Gasteiger partial charge in [0.05, 0.1) is 5.75 Å². The lowest BCUT2D eigenvalue weighted by Gasteiger charge is -2.09. The van der Waals surface area contributed by atoms with Gasteiger partial charge in [-0.3, -0.25) is 4.72 Å². The van der Waals surface area contributed by atoms with Gasteiger partial charge < -0.3 is 0 Å². The maximum Gasteiger partial charge on any atom is 0.232 e. The Balaban J connectivity index is 1.91. The molecule has 2 aromatic carbocycles. The van der Waals surface area contributed by atoms with Crippen molar-refractivity contribution < 1.29 is 8.42 Å². The molecule has 112 valence electrons. The number of halogens is 1. The summed E-state index contributed by atoms with van der Waals surface area (Å²) in [6.45, 7) is 1.93. The van der Waals surface area contributed by atoms with Gasteiger partial charge in [0.1, 0.15) is 0 Å². The summed E-state index contributed by atoms with van der Waals surface area (Å²) in [6.07, 6.45) is 1.37. The van der Waals surface area contributed by atoms with Crippen molar-refractivity contribution in [3.63, 3.8) is 0 Å². The van der Waals surface area contributed by atoms with Crippen LogP contribution in [0.4, 0.5) is 5.69 Å². The number of sulfonamides is 1. The van der Waals surface area contributed by atoms with E-state index in [0.717, 1.165) is 22.0 Å². The number of hydrogen-bond acceptors (Lipinski definition) is 2. The first kappa shape index (κ1) is 16.0. The summed E-state index contributed by atoms with van der Waals surface area (Å²) in [7, 11) is -3.30. The minimum atomic E-state index is -3.30. The van der Waals surface area contributed by atoms with Crippen LogP contribution in [0, 0.1) is 6.92 Å². The van der Waals surface area contributed by atoms with E-state index in [0.29, 0.717) is 12.1 Å². The predicted molar refractivity (Wildman–Crippen MR) is 91.1 cm³/mol. The van der Waals surface area contributed by atoms with E-state index in [9.17, 15) is 8.42 Å². The van der Waals surface area contributed by atoms with Crippen molar-refractivity contribution in [2.24, 2.45) is 0 Å². The fourth-order valence-corrected chi connectivity index (χ4v) is 3.41. The molecule has 0 amide bonds. The lowest BCUT2D eigenvalue weighted by molar-refractivity contribution is 0.598. The largest absolute Gasteiger partial charge is 0.284 e. The molecule has 0 heterocycles. The van der Waals surface area contributed by atoms with E-state index >= 15 is 0 Å². The van der Waals surface area contributed by atoms with Gasteiger partial charge in [-0.25, -0.2) is 8.42 Å². The summed E-state index contributed by atoms with van der Waals surface area (Å²) in [5, 5.41) is 0. The fraction of sp³-hybridized carbons (Fsp3) is 0.250. The Labute approximate surface area is 134 Å². The molecule has 3 nitrogen and oxygen atoms in total. The minimum absolute atomic E-state index is 0.122. The third-order valence-corrected chi connectivity index (χ3v) is 5.42. The highest BCUT2D eigenvalue weighted by Gasteiger charge is 2.10. The topological polar surface area (TPSA) is 46.2 Å². The van der Waals surface area contributed by atoms with Crippen molar-refractivity contribution in [2.75, 3.05) is 10.5 Å². The number of nitrogens with one attached hydrogen (secondary N) is 1. The first-order chi connectivity index (χ1) is 9.96. The number of anilines is 1. The zero-order valence-corrected chi connectivity index (χ0v) is 14.2. The lowest BCUT2D eigenvalue weighted by Crippen LogP contribution is -2.17. The van der Waals surface area contributed by atoms with E-state index in [1.807, 2.05) is 49.4 Å². The van der Waals surface area contributed by atoms with Crippen LogP contribution >= 0.6 is 15.9 Å². The number of hydrogen-bond donors (Lipinski definition) is 1. The standard InChI is InChI=1S/C16H18BrNO2S/c1-13-12-15(9-10-16(13)17)18-21(19,20)11-5-8-14-6-3-2-4-7-14/h2-4,6-7,9-10,12,18H,5,8,11H2,1H3. The summed E-state index contributed by atoms with van der Waals surface area (Å²) < 4.78 is 27.7. The molecule has 1 N–H and O–H groups in total. The SMILES string of the molecule is Cc1cc(NS(=O)(=O)CCCc2ccccc2)ccc1Br. The Morgan fingerprint density at radius 2 is 1.81 bits per heavy atom. The first-order valence-corrected chi connectivity index (χ1v) is 9.21. The maximum absolute atomic E-state index is 12.1. The second-order valence-electron chi connectivity index (χ2n) is 4.97. The molecule has 0 saturated heterocycles. The maximum atomic E-state index is 12.1. The average Bonchev–Trinajstić information content (AvgIpc) is 2.43. The molecular weight excluding hydrogens is 350 g/mol. The Bertz CT molecular complexity index is 699. The van der Waals surface area contributed by atoms with Crippen molar-refractivity contribution in [2.45, 2.75) is 19.8 Å². The van der Waals surface area contributed by atoms with Gasteiger partial charge in [0, 0.05) is 10.2 Å². The molecule has 2 aromatic rings. The van der Waals surface area contributed by atoms with E-state index in [-0.39, 0.29) is 5.75 Å². The zero-order chi connectivity index (χ0) is 15.3. The molecule has 0 spiro atoms. The van der Waals surface area contributed by atoms with Crippen LogP contribution < -0.4 is 4.72 Å². The third kappa shape index (κ3) is 5.17. The van der Waals surface area contributed by atoms with Crippen LogP contribution in [0.1, 0.15) is 17.5 Å².